The first-order valence-corrected chi connectivity index (χ1v) is 7.61. The Kier molecular flexibility index (Phi) is 3.78. The zero-order valence-electron chi connectivity index (χ0n) is 9.70. The Bertz CT molecular complexity index is 632. The SMILES string of the molecule is CC(=NNS(=O)(=O)c1cccs1)c1ccccc1. The second-order valence-corrected chi connectivity index (χ2v) is 6.43. The second kappa shape index (κ2) is 5.32. The highest BCUT2D eigenvalue weighted by atomic mass is 32.2. The maximum Gasteiger partial charge on any atom is 0.286 e. The van der Waals surface area contributed by atoms with Crippen LogP contribution < -0.4 is 4.83 Å². The molecule has 1 aromatic carbocycles. The van der Waals surface area contributed by atoms with Crippen LogP contribution >= 0.6 is 11.3 Å². The van der Waals surface area contributed by atoms with Gasteiger partial charge in [0.15, 0.2) is 0 Å². The van der Waals surface area contributed by atoms with Gasteiger partial charge in [-0.05, 0) is 23.9 Å². The van der Waals surface area contributed by atoms with E-state index in [1.165, 1.54) is 0 Å². The number of hydrogen-bond acceptors (Lipinski definition) is 4. The molecule has 0 aliphatic rings. The number of sulfonamides is 1. The van der Waals surface area contributed by atoms with E-state index >= 15 is 0 Å². The Balaban J connectivity index is 2.17. The number of hydrazone groups is 1. The maximum atomic E-state index is 11.8. The molecule has 0 amide bonds. The lowest BCUT2D eigenvalue weighted by molar-refractivity contribution is 0.586. The van der Waals surface area contributed by atoms with Crippen molar-refractivity contribution in [1.29, 1.82) is 0 Å². The Morgan fingerprint density at radius 2 is 1.89 bits per heavy atom. The van der Waals surface area contributed by atoms with Crippen molar-refractivity contribution in [1.82, 2.24) is 4.83 Å². The van der Waals surface area contributed by atoms with Gasteiger partial charge in [0.1, 0.15) is 4.21 Å². The van der Waals surface area contributed by atoms with Crippen LogP contribution in [0.2, 0.25) is 0 Å². The largest absolute Gasteiger partial charge is 0.286 e. The fourth-order valence-electron chi connectivity index (χ4n) is 1.33. The zero-order chi connectivity index (χ0) is 13.0. The van der Waals surface area contributed by atoms with Crippen LogP contribution in [-0.2, 0) is 10.0 Å². The lowest BCUT2D eigenvalue weighted by Crippen LogP contribution is -2.18. The molecule has 0 bridgehead atoms. The maximum absolute atomic E-state index is 11.8. The van der Waals surface area contributed by atoms with E-state index < -0.39 is 10.0 Å². The molecule has 0 saturated heterocycles. The number of hydrogen-bond donors (Lipinski definition) is 1. The number of benzene rings is 1. The molecule has 0 spiro atoms. The van der Waals surface area contributed by atoms with Crippen LogP contribution in [0.1, 0.15) is 12.5 Å². The fraction of sp³-hybridized carbons (Fsp3) is 0.0833. The molecule has 0 unspecified atom stereocenters. The molecule has 0 radical (unpaired) electrons. The summed E-state index contributed by atoms with van der Waals surface area (Å²) < 4.78 is 23.9. The summed E-state index contributed by atoms with van der Waals surface area (Å²) in [7, 11) is -3.54. The van der Waals surface area contributed by atoms with Crippen molar-refractivity contribution in [2.24, 2.45) is 5.10 Å². The third kappa shape index (κ3) is 2.96. The van der Waals surface area contributed by atoms with Crippen LogP contribution in [0.4, 0.5) is 0 Å². The van der Waals surface area contributed by atoms with Crippen LogP contribution in [0.5, 0.6) is 0 Å². The molecule has 2 rings (SSSR count). The minimum Gasteiger partial charge on any atom is -0.199 e. The molecule has 18 heavy (non-hydrogen) atoms. The molecule has 0 aliphatic heterocycles. The molecular weight excluding hydrogens is 268 g/mol. The summed E-state index contributed by atoms with van der Waals surface area (Å²) in [5, 5.41) is 5.62. The first-order chi connectivity index (χ1) is 8.59. The predicted octanol–water partition coefficient (Wildman–Crippen LogP) is 2.45. The third-order valence-corrected chi connectivity index (χ3v) is 4.89. The van der Waals surface area contributed by atoms with Crippen LogP contribution in [0, 0.1) is 0 Å². The van der Waals surface area contributed by atoms with Crippen LogP contribution in [-0.4, -0.2) is 14.1 Å². The standard InChI is InChI=1S/C12H12N2O2S2/c1-10(11-6-3-2-4-7-11)13-14-18(15,16)12-8-5-9-17-12/h2-9,14H,1H3. The molecule has 1 heterocycles. The van der Waals surface area contributed by atoms with Gasteiger partial charge in [-0.2, -0.15) is 18.4 Å². The van der Waals surface area contributed by atoms with E-state index in [1.807, 2.05) is 30.3 Å². The van der Waals surface area contributed by atoms with Gasteiger partial charge in [-0.25, -0.2) is 0 Å². The Labute approximate surface area is 110 Å². The summed E-state index contributed by atoms with van der Waals surface area (Å²) >= 11 is 1.16. The highest BCUT2D eigenvalue weighted by Crippen LogP contribution is 2.15. The van der Waals surface area contributed by atoms with Crippen LogP contribution in [0.3, 0.4) is 0 Å². The van der Waals surface area contributed by atoms with Crippen molar-refractivity contribution in [2.45, 2.75) is 11.1 Å². The summed E-state index contributed by atoms with van der Waals surface area (Å²) in [4.78, 5) is 2.23. The summed E-state index contributed by atoms with van der Waals surface area (Å²) in [6.45, 7) is 1.76. The van der Waals surface area contributed by atoms with E-state index in [1.54, 1.807) is 24.4 Å². The first kappa shape index (κ1) is 12.8. The highest BCUT2D eigenvalue weighted by molar-refractivity contribution is 7.91. The zero-order valence-corrected chi connectivity index (χ0v) is 11.3. The van der Waals surface area contributed by atoms with E-state index in [9.17, 15) is 8.42 Å². The molecule has 0 atom stereocenters. The van der Waals surface area contributed by atoms with E-state index in [0.29, 0.717) is 5.71 Å². The summed E-state index contributed by atoms with van der Waals surface area (Å²) in [6, 6.07) is 12.6. The van der Waals surface area contributed by atoms with Gasteiger partial charge in [0.2, 0.25) is 0 Å². The first-order valence-electron chi connectivity index (χ1n) is 5.24. The van der Waals surface area contributed by atoms with Crippen molar-refractivity contribution in [3.8, 4) is 0 Å². The Hall–Kier alpha value is -1.66. The van der Waals surface area contributed by atoms with Crippen LogP contribution in [0.25, 0.3) is 0 Å². The topological polar surface area (TPSA) is 58.5 Å². The van der Waals surface area contributed by atoms with Crippen molar-refractivity contribution >= 4 is 27.1 Å². The molecule has 0 fully saturated rings. The fourth-order valence-corrected chi connectivity index (χ4v) is 3.17. The lowest BCUT2D eigenvalue weighted by Gasteiger charge is -2.03. The van der Waals surface area contributed by atoms with Crippen molar-refractivity contribution in [2.75, 3.05) is 0 Å². The molecule has 0 aliphatic carbocycles. The van der Waals surface area contributed by atoms with Gasteiger partial charge in [0, 0.05) is 0 Å². The van der Waals surface area contributed by atoms with Crippen LogP contribution in [0.15, 0.2) is 57.2 Å². The van der Waals surface area contributed by atoms with Gasteiger partial charge < -0.3 is 0 Å². The molecule has 0 saturated carbocycles. The summed E-state index contributed by atoms with van der Waals surface area (Å²) in [5.74, 6) is 0. The van der Waals surface area contributed by atoms with Gasteiger partial charge >= 0.3 is 0 Å². The number of rotatable bonds is 4. The van der Waals surface area contributed by atoms with E-state index in [-0.39, 0.29) is 4.21 Å². The van der Waals surface area contributed by atoms with Crippen molar-refractivity contribution < 1.29 is 8.42 Å². The highest BCUT2D eigenvalue weighted by Gasteiger charge is 2.13. The minimum absolute atomic E-state index is 0.257. The number of thiophene rings is 1. The van der Waals surface area contributed by atoms with E-state index in [4.69, 9.17) is 0 Å². The predicted molar refractivity (Wildman–Crippen MR) is 73.3 cm³/mol. The Morgan fingerprint density at radius 1 is 1.17 bits per heavy atom. The molecule has 1 aromatic heterocycles. The average Bonchev–Trinajstić information content (AvgIpc) is 2.92. The number of nitrogens with one attached hydrogen (secondary N) is 1. The molecule has 6 heteroatoms. The van der Waals surface area contributed by atoms with Crippen molar-refractivity contribution in [3.63, 3.8) is 0 Å². The van der Waals surface area contributed by atoms with Gasteiger partial charge in [0.05, 0.1) is 5.71 Å². The quantitative estimate of drug-likeness (QED) is 0.691. The summed E-state index contributed by atoms with van der Waals surface area (Å²) in [5.41, 5.74) is 1.50. The van der Waals surface area contributed by atoms with Crippen molar-refractivity contribution in [3.05, 3.63) is 53.4 Å². The average molecular weight is 280 g/mol. The smallest absolute Gasteiger partial charge is 0.199 e. The lowest BCUT2D eigenvalue weighted by atomic mass is 10.1. The van der Waals surface area contributed by atoms with E-state index in [2.05, 4.69) is 9.93 Å². The molecule has 2 aromatic rings. The van der Waals surface area contributed by atoms with Gasteiger partial charge in [-0.1, -0.05) is 36.4 Å². The normalized spacial score (nSPS) is 12.4. The second-order valence-electron chi connectivity index (χ2n) is 3.59. The molecular formula is C12H12N2O2S2. The molecule has 1 N–H and O–H groups in total. The monoisotopic (exact) mass is 280 g/mol. The minimum atomic E-state index is -3.54. The van der Waals surface area contributed by atoms with Gasteiger partial charge in [-0.3, -0.25) is 0 Å². The number of nitrogens with zero attached hydrogens (tertiary/aromatic N) is 1. The van der Waals surface area contributed by atoms with Gasteiger partial charge in [0.25, 0.3) is 10.0 Å². The van der Waals surface area contributed by atoms with E-state index in [0.717, 1.165) is 16.9 Å². The molecule has 4 nitrogen and oxygen atoms in total. The third-order valence-electron chi connectivity index (χ3n) is 2.29. The summed E-state index contributed by atoms with van der Waals surface area (Å²) in [6.07, 6.45) is 0. The Morgan fingerprint density at radius 3 is 2.50 bits per heavy atom. The van der Waals surface area contributed by atoms with Gasteiger partial charge in [-0.15, -0.1) is 11.3 Å². The molecule has 94 valence electrons.